The Balaban J connectivity index is 1.43. The van der Waals surface area contributed by atoms with Crippen LogP contribution < -0.4 is 4.74 Å². The number of thiophene rings is 2. The lowest BCUT2D eigenvalue weighted by Crippen LogP contribution is -2.35. The summed E-state index contributed by atoms with van der Waals surface area (Å²) in [4.78, 5) is 4.17. The predicted molar refractivity (Wildman–Crippen MR) is 208 cm³/mol. The van der Waals surface area contributed by atoms with Crippen LogP contribution in [0.2, 0.25) is 0 Å². The Bertz CT molecular complexity index is 1670. The molecule has 3 atom stereocenters. The van der Waals surface area contributed by atoms with E-state index in [1.807, 2.05) is 0 Å². The molecule has 270 valence electrons. The number of fused-ring (bicyclic) bond motifs is 4. The van der Waals surface area contributed by atoms with Gasteiger partial charge in [0.25, 0.3) is 0 Å². The van der Waals surface area contributed by atoms with Crippen LogP contribution in [0.5, 0.6) is 5.75 Å². The van der Waals surface area contributed by atoms with Gasteiger partial charge in [0.05, 0.1) is 27.0 Å². The minimum atomic E-state index is -0.832. The molecule has 0 N–H and O–H groups in total. The van der Waals surface area contributed by atoms with Gasteiger partial charge in [-0.05, 0) is 75.3 Å². The molecule has 8 heteroatoms. The second-order valence-corrected chi connectivity index (χ2v) is 18.8. The molecule has 1 aliphatic heterocycles. The summed E-state index contributed by atoms with van der Waals surface area (Å²) in [6.45, 7) is 17.8. The summed E-state index contributed by atoms with van der Waals surface area (Å²) in [6.07, 6.45) is 16.7. The van der Waals surface area contributed by atoms with Crippen molar-refractivity contribution in [3.05, 3.63) is 39.8 Å². The molecule has 4 heterocycles. The smallest absolute Gasteiger partial charge is 0.170 e. The maximum atomic E-state index is 15.9. The van der Waals surface area contributed by atoms with Gasteiger partial charge in [0.15, 0.2) is 11.6 Å². The quantitative estimate of drug-likeness (QED) is 0.0902. The summed E-state index contributed by atoms with van der Waals surface area (Å²) >= 11 is 4.31. The molecule has 0 amide bonds. The normalized spacial score (nSPS) is 17.1. The summed E-state index contributed by atoms with van der Waals surface area (Å²) in [5, 5.41) is 0. The Hall–Kier alpha value is -1.90. The van der Waals surface area contributed by atoms with E-state index in [2.05, 4.69) is 69.3 Å². The van der Waals surface area contributed by atoms with E-state index in [1.165, 1.54) is 69.1 Å². The Labute approximate surface area is 306 Å². The highest BCUT2D eigenvalue weighted by molar-refractivity contribution is 7.24. The van der Waals surface area contributed by atoms with Crippen LogP contribution in [0.3, 0.4) is 0 Å². The van der Waals surface area contributed by atoms with Crippen molar-refractivity contribution in [2.75, 3.05) is 0 Å². The number of aromatic nitrogens is 2. The van der Waals surface area contributed by atoms with E-state index in [4.69, 9.17) is 4.74 Å². The number of rotatable bonds is 19. The van der Waals surface area contributed by atoms with E-state index in [-0.39, 0.29) is 11.1 Å². The van der Waals surface area contributed by atoms with Gasteiger partial charge in [0.1, 0.15) is 22.4 Å². The van der Waals surface area contributed by atoms with Gasteiger partial charge in [0, 0.05) is 20.9 Å². The van der Waals surface area contributed by atoms with Crippen molar-refractivity contribution in [2.24, 2.45) is 23.7 Å². The van der Waals surface area contributed by atoms with Crippen molar-refractivity contribution < 1.29 is 13.5 Å². The number of halogens is 2. The van der Waals surface area contributed by atoms with E-state index < -0.39 is 17.2 Å². The highest BCUT2D eigenvalue weighted by atomic mass is 32.1. The van der Waals surface area contributed by atoms with Gasteiger partial charge in [-0.15, -0.1) is 22.7 Å². The van der Waals surface area contributed by atoms with E-state index in [9.17, 15) is 0 Å². The van der Waals surface area contributed by atoms with Gasteiger partial charge in [-0.3, -0.25) is 0 Å². The molecule has 3 aromatic heterocycles. The molecule has 3 unspecified atom stereocenters. The molecule has 1 aliphatic rings. The zero-order valence-corrected chi connectivity index (χ0v) is 33.6. The lowest BCUT2D eigenvalue weighted by molar-refractivity contribution is 0.0387. The molecule has 0 aliphatic carbocycles. The zero-order chi connectivity index (χ0) is 35.3. The van der Waals surface area contributed by atoms with Crippen LogP contribution in [-0.4, -0.2) is 8.75 Å². The average Bonchev–Trinajstić information content (AvgIpc) is 3.78. The van der Waals surface area contributed by atoms with E-state index in [0.717, 1.165) is 76.2 Å². The average molecular weight is 729 g/mol. The molecule has 3 nitrogen and oxygen atoms in total. The molecule has 1 aromatic carbocycles. The van der Waals surface area contributed by atoms with E-state index in [0.29, 0.717) is 21.8 Å². The first-order valence-corrected chi connectivity index (χ1v) is 21.3. The molecule has 0 fully saturated rings. The van der Waals surface area contributed by atoms with Crippen LogP contribution in [0.15, 0.2) is 12.1 Å². The van der Waals surface area contributed by atoms with Crippen molar-refractivity contribution in [3.8, 4) is 25.9 Å². The maximum absolute atomic E-state index is 15.9. The first kappa shape index (κ1) is 38.3. The Kier molecular flexibility index (Phi) is 13.4. The van der Waals surface area contributed by atoms with Crippen molar-refractivity contribution in [1.82, 2.24) is 8.75 Å². The van der Waals surface area contributed by atoms with Crippen molar-refractivity contribution in [2.45, 2.75) is 151 Å². The minimum Gasteiger partial charge on any atom is -0.481 e. The Morgan fingerprint density at radius 3 is 1.96 bits per heavy atom. The molecule has 49 heavy (non-hydrogen) atoms. The van der Waals surface area contributed by atoms with Gasteiger partial charge in [-0.2, -0.15) is 8.75 Å². The molecule has 0 radical (unpaired) electrons. The summed E-state index contributed by atoms with van der Waals surface area (Å²) in [5.41, 5.74) is 2.01. The number of hydrogen-bond donors (Lipinski definition) is 0. The van der Waals surface area contributed by atoms with E-state index in [1.54, 1.807) is 29.6 Å². The van der Waals surface area contributed by atoms with Gasteiger partial charge < -0.3 is 4.74 Å². The van der Waals surface area contributed by atoms with E-state index >= 15 is 8.78 Å². The van der Waals surface area contributed by atoms with Crippen LogP contribution in [0, 0.1) is 49.2 Å². The second-order valence-electron chi connectivity index (χ2n) is 15.9. The highest BCUT2D eigenvalue weighted by Crippen LogP contribution is 2.57. The first-order valence-electron chi connectivity index (χ1n) is 18.9. The second kappa shape index (κ2) is 17.1. The standard InChI is InChI=1S/C41H58F2N2OS3/c1-25(2)15-12-18-27(5)17-10-9-11-21-41(22-14-20-28(6)19-13-16-26(3)4)31-24-33(48-39(31)40-32(46-41)23-29(7)47-40)34-36(43)35(42)30(8)37-38(34)45-49-44-37/h23-28H,9-22H2,1-8H3. The topological polar surface area (TPSA) is 35.0 Å². The molecule has 0 saturated carbocycles. The summed E-state index contributed by atoms with van der Waals surface area (Å²) < 4.78 is 47.1. The number of aryl methyl sites for hydroxylation is 2. The summed E-state index contributed by atoms with van der Waals surface area (Å²) in [7, 11) is 0. The van der Waals surface area contributed by atoms with Crippen LogP contribution in [-0.2, 0) is 5.60 Å². The minimum absolute atomic E-state index is 0.219. The molecule has 0 spiro atoms. The predicted octanol–water partition coefficient (Wildman–Crippen LogP) is 14.7. The van der Waals surface area contributed by atoms with Crippen LogP contribution in [0.1, 0.15) is 147 Å². The zero-order valence-electron chi connectivity index (χ0n) is 31.1. The SMILES string of the molecule is Cc1cc2c(s1)-c1sc(-c3c(F)c(F)c(C)c4nsnc34)cc1C(CCCCCC(C)CCCC(C)C)(CCCC(C)CCCC(C)C)O2. The highest BCUT2D eigenvalue weighted by Gasteiger charge is 2.43. The Morgan fingerprint density at radius 1 is 0.673 bits per heavy atom. The fraction of sp³-hybridized carbons (Fsp3) is 0.659. The number of unbranched alkanes of at least 4 members (excludes halogenated alkanes) is 2. The third-order valence-corrected chi connectivity index (χ3v) is 13.5. The van der Waals surface area contributed by atoms with Crippen molar-refractivity contribution in [1.29, 1.82) is 0 Å². The van der Waals surface area contributed by atoms with Gasteiger partial charge >= 0.3 is 0 Å². The molecule has 0 saturated heterocycles. The van der Waals surface area contributed by atoms with Crippen molar-refractivity contribution >= 4 is 45.4 Å². The maximum Gasteiger partial charge on any atom is 0.170 e. The van der Waals surface area contributed by atoms with Crippen LogP contribution >= 0.6 is 34.4 Å². The van der Waals surface area contributed by atoms with Crippen LogP contribution in [0.25, 0.3) is 31.2 Å². The van der Waals surface area contributed by atoms with Crippen LogP contribution in [0.4, 0.5) is 8.78 Å². The molecule has 0 bridgehead atoms. The third-order valence-electron chi connectivity index (χ3n) is 10.6. The lowest BCUT2D eigenvalue weighted by Gasteiger charge is -2.38. The fourth-order valence-corrected chi connectivity index (χ4v) is 10.6. The summed E-state index contributed by atoms with van der Waals surface area (Å²) in [6, 6.07) is 4.30. The van der Waals surface area contributed by atoms with Crippen molar-refractivity contribution in [3.63, 3.8) is 0 Å². The number of benzene rings is 1. The van der Waals surface area contributed by atoms with Gasteiger partial charge in [-0.25, -0.2) is 8.78 Å². The molecular formula is C41H58F2N2OS3. The molecular weight excluding hydrogens is 671 g/mol. The first-order chi connectivity index (χ1) is 23.4. The Morgan fingerprint density at radius 2 is 1.29 bits per heavy atom. The monoisotopic (exact) mass is 728 g/mol. The third kappa shape index (κ3) is 9.13. The molecule has 5 rings (SSSR count). The fourth-order valence-electron chi connectivity index (χ4n) is 7.67. The largest absolute Gasteiger partial charge is 0.481 e. The number of ether oxygens (including phenoxy) is 1. The van der Waals surface area contributed by atoms with Gasteiger partial charge in [0.2, 0.25) is 0 Å². The lowest BCUT2D eigenvalue weighted by atomic mass is 9.80. The van der Waals surface area contributed by atoms with Gasteiger partial charge in [-0.1, -0.05) is 106 Å². The molecule has 4 aromatic rings. The number of nitrogens with zero attached hydrogens (tertiary/aromatic N) is 2. The number of hydrogen-bond acceptors (Lipinski definition) is 6. The summed E-state index contributed by atoms with van der Waals surface area (Å²) in [5.74, 6) is 2.25.